The Morgan fingerprint density at radius 3 is 2.23 bits per heavy atom. The van der Waals surface area contributed by atoms with Crippen molar-refractivity contribution in [1.29, 1.82) is 0 Å². The Morgan fingerprint density at radius 2 is 1.61 bits per heavy atom. The summed E-state index contributed by atoms with van der Waals surface area (Å²) in [5.41, 5.74) is 1.86. The van der Waals surface area contributed by atoms with Gasteiger partial charge in [0.05, 0.1) is 17.4 Å². The van der Waals surface area contributed by atoms with Crippen LogP contribution in [0.1, 0.15) is 49.9 Å². The summed E-state index contributed by atoms with van der Waals surface area (Å²) < 4.78 is 5.19. The van der Waals surface area contributed by atoms with Gasteiger partial charge in [-0.2, -0.15) is 0 Å². The summed E-state index contributed by atoms with van der Waals surface area (Å²) in [6.45, 7) is 4.29. The molecule has 6 nitrogen and oxygen atoms in total. The zero-order valence-electron chi connectivity index (χ0n) is 17.9. The summed E-state index contributed by atoms with van der Waals surface area (Å²) in [5, 5.41) is 5.46. The molecule has 1 fully saturated rings. The Bertz CT molecular complexity index is 908. The quantitative estimate of drug-likeness (QED) is 0.305. The predicted octanol–water partition coefficient (Wildman–Crippen LogP) is 5.11. The molecule has 0 saturated heterocycles. The van der Waals surface area contributed by atoms with Crippen molar-refractivity contribution in [1.82, 2.24) is 0 Å². The molecule has 1 saturated carbocycles. The lowest BCUT2D eigenvalue weighted by Crippen LogP contribution is -2.22. The number of ether oxygens (including phenoxy) is 1. The highest BCUT2D eigenvalue weighted by molar-refractivity contribution is 8.00. The zero-order chi connectivity index (χ0) is 22.2. The Kier molecular flexibility index (Phi) is 8.12. The van der Waals surface area contributed by atoms with Crippen LogP contribution in [0, 0.1) is 5.92 Å². The Labute approximate surface area is 187 Å². The fourth-order valence-corrected chi connectivity index (χ4v) is 3.66. The molecule has 2 amide bonds. The van der Waals surface area contributed by atoms with E-state index in [1.54, 1.807) is 24.3 Å². The molecule has 2 aromatic rings. The number of unbranched alkanes of at least 4 members (excludes halogenated alkanes) is 1. The number of nitrogens with one attached hydrogen (secondary N) is 2. The van der Waals surface area contributed by atoms with E-state index in [2.05, 4.69) is 10.6 Å². The highest BCUT2D eigenvalue weighted by Gasteiger charge is 2.29. The molecular weight excluding hydrogens is 412 g/mol. The topological polar surface area (TPSA) is 84.5 Å². The molecule has 1 atom stereocenters. The van der Waals surface area contributed by atoms with E-state index in [0.29, 0.717) is 17.9 Å². The maximum Gasteiger partial charge on any atom is 0.338 e. The van der Waals surface area contributed by atoms with Gasteiger partial charge < -0.3 is 15.4 Å². The Balaban J connectivity index is 1.47. The van der Waals surface area contributed by atoms with Crippen LogP contribution in [-0.2, 0) is 14.3 Å². The van der Waals surface area contributed by atoms with E-state index in [4.69, 9.17) is 4.74 Å². The van der Waals surface area contributed by atoms with Crippen molar-refractivity contribution < 1.29 is 19.1 Å². The normalized spacial score (nSPS) is 13.9. The van der Waals surface area contributed by atoms with Gasteiger partial charge in [-0.1, -0.05) is 13.3 Å². The number of carbonyl (C=O) groups excluding carboxylic acids is 3. The highest BCUT2D eigenvalue weighted by Crippen LogP contribution is 2.31. The second kappa shape index (κ2) is 11.0. The number of esters is 1. The van der Waals surface area contributed by atoms with Crippen LogP contribution >= 0.6 is 11.8 Å². The first-order valence-corrected chi connectivity index (χ1v) is 11.5. The van der Waals surface area contributed by atoms with Gasteiger partial charge in [0, 0.05) is 22.2 Å². The Hall–Kier alpha value is -2.80. The van der Waals surface area contributed by atoms with Gasteiger partial charge >= 0.3 is 5.97 Å². The van der Waals surface area contributed by atoms with E-state index < -0.39 is 0 Å². The summed E-state index contributed by atoms with van der Waals surface area (Å²) >= 11 is 1.44. The first-order valence-electron chi connectivity index (χ1n) is 10.6. The van der Waals surface area contributed by atoms with Crippen molar-refractivity contribution in [2.45, 2.75) is 49.7 Å². The van der Waals surface area contributed by atoms with Crippen molar-refractivity contribution in [2.75, 3.05) is 17.2 Å². The minimum Gasteiger partial charge on any atom is -0.462 e. The third-order valence-corrected chi connectivity index (χ3v) is 5.98. The molecule has 0 spiro atoms. The zero-order valence-corrected chi connectivity index (χ0v) is 18.7. The lowest BCUT2D eigenvalue weighted by Gasteiger charge is -2.13. The number of benzene rings is 2. The van der Waals surface area contributed by atoms with Crippen LogP contribution in [0.25, 0.3) is 0 Å². The lowest BCUT2D eigenvalue weighted by molar-refractivity contribution is -0.117. The van der Waals surface area contributed by atoms with Crippen molar-refractivity contribution in [3.63, 3.8) is 0 Å². The van der Waals surface area contributed by atoms with Gasteiger partial charge in [-0.05, 0) is 74.7 Å². The van der Waals surface area contributed by atoms with Gasteiger partial charge in [-0.15, -0.1) is 11.8 Å². The van der Waals surface area contributed by atoms with E-state index in [0.717, 1.165) is 36.3 Å². The largest absolute Gasteiger partial charge is 0.462 e. The van der Waals surface area contributed by atoms with Crippen LogP contribution in [0.15, 0.2) is 53.4 Å². The number of hydrogen-bond donors (Lipinski definition) is 2. The van der Waals surface area contributed by atoms with E-state index >= 15 is 0 Å². The minimum atomic E-state index is -0.355. The minimum absolute atomic E-state index is 0.0772. The van der Waals surface area contributed by atoms with Gasteiger partial charge in [0.2, 0.25) is 11.8 Å². The molecule has 1 aliphatic rings. The summed E-state index contributed by atoms with van der Waals surface area (Å²) in [5.74, 6) is -0.242. The van der Waals surface area contributed by atoms with Crippen LogP contribution in [0.5, 0.6) is 0 Å². The Morgan fingerprint density at radius 1 is 1.00 bits per heavy atom. The monoisotopic (exact) mass is 440 g/mol. The molecule has 2 N–H and O–H groups in total. The number of rotatable bonds is 10. The van der Waals surface area contributed by atoms with Crippen LogP contribution in [-0.4, -0.2) is 29.6 Å². The van der Waals surface area contributed by atoms with Crippen molar-refractivity contribution in [3.05, 3.63) is 54.1 Å². The van der Waals surface area contributed by atoms with Crippen LogP contribution < -0.4 is 10.6 Å². The number of anilines is 2. The maximum absolute atomic E-state index is 12.5. The van der Waals surface area contributed by atoms with E-state index in [1.165, 1.54) is 11.8 Å². The highest BCUT2D eigenvalue weighted by atomic mass is 32.2. The van der Waals surface area contributed by atoms with Gasteiger partial charge in [-0.25, -0.2) is 4.79 Å². The predicted molar refractivity (Wildman–Crippen MR) is 123 cm³/mol. The van der Waals surface area contributed by atoms with Gasteiger partial charge in [0.1, 0.15) is 0 Å². The molecule has 7 heteroatoms. The van der Waals surface area contributed by atoms with Gasteiger partial charge in [0.15, 0.2) is 0 Å². The average Bonchev–Trinajstić information content (AvgIpc) is 3.61. The van der Waals surface area contributed by atoms with Crippen molar-refractivity contribution in [3.8, 4) is 0 Å². The van der Waals surface area contributed by atoms with E-state index in [9.17, 15) is 14.4 Å². The number of carbonyl (C=O) groups is 3. The van der Waals surface area contributed by atoms with Crippen LogP contribution in [0.4, 0.5) is 11.4 Å². The molecular formula is C24H28N2O4S. The summed E-state index contributed by atoms with van der Waals surface area (Å²) in [7, 11) is 0. The van der Waals surface area contributed by atoms with E-state index in [1.807, 2.05) is 38.1 Å². The summed E-state index contributed by atoms with van der Waals surface area (Å²) in [4.78, 5) is 37.2. The third-order valence-electron chi connectivity index (χ3n) is 4.87. The average molecular weight is 441 g/mol. The second-order valence-corrected chi connectivity index (χ2v) is 9.02. The molecule has 0 bridgehead atoms. The van der Waals surface area contributed by atoms with Crippen molar-refractivity contribution >= 4 is 40.9 Å². The molecule has 0 radical (unpaired) electrons. The smallest absolute Gasteiger partial charge is 0.338 e. The first kappa shape index (κ1) is 22.9. The third kappa shape index (κ3) is 7.14. The number of amides is 2. The molecule has 31 heavy (non-hydrogen) atoms. The summed E-state index contributed by atoms with van der Waals surface area (Å²) in [6, 6.07) is 14.2. The van der Waals surface area contributed by atoms with Gasteiger partial charge in [0.25, 0.3) is 0 Å². The number of hydrogen-bond acceptors (Lipinski definition) is 5. The lowest BCUT2D eigenvalue weighted by atomic mass is 10.2. The standard InChI is InChI=1S/C24H28N2O4S/c1-3-4-15-30-24(29)18-7-9-19(10-8-18)25-22(27)16(2)31-21-13-11-20(12-14-21)26-23(28)17-5-6-17/h7-14,16-17H,3-6,15H2,1-2H3,(H,25,27)(H,26,28). The molecule has 1 unspecified atom stereocenters. The maximum atomic E-state index is 12.5. The first-order chi connectivity index (χ1) is 15.0. The van der Waals surface area contributed by atoms with E-state index in [-0.39, 0.29) is 29.0 Å². The number of thioether (sulfide) groups is 1. The SMILES string of the molecule is CCCCOC(=O)c1ccc(NC(=O)C(C)Sc2ccc(NC(=O)C3CC3)cc2)cc1. The fraction of sp³-hybridized carbons (Fsp3) is 0.375. The molecule has 0 aliphatic heterocycles. The summed E-state index contributed by atoms with van der Waals surface area (Å²) in [6.07, 6.45) is 3.75. The molecule has 0 aromatic heterocycles. The molecule has 1 aliphatic carbocycles. The molecule has 0 heterocycles. The molecule has 164 valence electrons. The molecule has 2 aromatic carbocycles. The molecule has 3 rings (SSSR count). The van der Waals surface area contributed by atoms with Crippen LogP contribution in [0.2, 0.25) is 0 Å². The van der Waals surface area contributed by atoms with Gasteiger partial charge in [-0.3, -0.25) is 9.59 Å². The van der Waals surface area contributed by atoms with Crippen LogP contribution in [0.3, 0.4) is 0 Å². The van der Waals surface area contributed by atoms with Crippen molar-refractivity contribution in [2.24, 2.45) is 5.92 Å². The fourth-order valence-electron chi connectivity index (χ4n) is 2.79. The second-order valence-electron chi connectivity index (χ2n) is 7.60.